The topological polar surface area (TPSA) is 61.0 Å². The van der Waals surface area contributed by atoms with E-state index >= 15 is 0 Å². The average Bonchev–Trinajstić information content (AvgIpc) is 2.58. The Morgan fingerprint density at radius 2 is 2.40 bits per heavy atom. The van der Waals surface area contributed by atoms with Crippen LogP contribution in [-0.4, -0.2) is 48.2 Å². The summed E-state index contributed by atoms with van der Waals surface area (Å²) in [5.74, 6) is -0.0874. The van der Waals surface area contributed by atoms with E-state index in [1.54, 1.807) is 6.20 Å². The number of hydrogen-bond acceptors (Lipinski definition) is 3. The monoisotopic (exact) mass is 322 g/mol. The van der Waals surface area contributed by atoms with Gasteiger partial charge in [0.05, 0.1) is 9.77 Å². The maximum Gasteiger partial charge on any atom is 0.270 e. The minimum atomic E-state index is -0.0874. The van der Waals surface area contributed by atoms with E-state index < -0.39 is 0 Å². The second-order valence-electron chi connectivity index (χ2n) is 3.51. The summed E-state index contributed by atoms with van der Waals surface area (Å²) in [7, 11) is 4.03. The lowest BCUT2D eigenvalue weighted by Crippen LogP contribution is -2.27. The average molecular weight is 322 g/mol. The summed E-state index contributed by atoms with van der Waals surface area (Å²) < 4.78 is 0.845. The summed E-state index contributed by atoms with van der Waals surface area (Å²) in [6.45, 7) is 1.66. The first-order chi connectivity index (χ1) is 7.11. The van der Waals surface area contributed by atoms with Gasteiger partial charge in [-0.15, -0.1) is 0 Å². The molecule has 5 nitrogen and oxygen atoms in total. The molecule has 6 heteroatoms. The number of amides is 1. The van der Waals surface area contributed by atoms with Crippen LogP contribution >= 0.6 is 22.6 Å². The highest BCUT2D eigenvalue weighted by atomic mass is 127. The van der Waals surface area contributed by atoms with Gasteiger partial charge in [-0.2, -0.15) is 5.10 Å². The van der Waals surface area contributed by atoms with Gasteiger partial charge in [-0.05, 0) is 49.7 Å². The Kier molecular flexibility index (Phi) is 5.03. The van der Waals surface area contributed by atoms with Crippen LogP contribution in [0.4, 0.5) is 0 Å². The summed E-state index contributed by atoms with van der Waals surface area (Å²) in [5, 5.41) is 9.31. The van der Waals surface area contributed by atoms with E-state index in [-0.39, 0.29) is 5.91 Å². The van der Waals surface area contributed by atoms with Crippen molar-refractivity contribution in [1.29, 1.82) is 0 Å². The third-order valence-corrected chi connectivity index (χ3v) is 2.71. The van der Waals surface area contributed by atoms with Crippen LogP contribution in [0.15, 0.2) is 6.20 Å². The van der Waals surface area contributed by atoms with Crippen LogP contribution in [0.3, 0.4) is 0 Å². The molecule has 1 amide bonds. The standard InChI is InChI=1S/C9H15IN4O/c1-14(2)5-3-4-11-9(15)8-7(10)6-12-13-8/h6H,3-5H2,1-2H3,(H,11,15)(H,12,13). The number of rotatable bonds is 5. The Hall–Kier alpha value is -0.630. The summed E-state index contributed by atoms with van der Waals surface area (Å²) in [6, 6.07) is 0. The number of carbonyl (C=O) groups excluding carboxylic acids is 1. The van der Waals surface area contributed by atoms with Crippen LogP contribution in [0.1, 0.15) is 16.9 Å². The molecule has 1 aromatic heterocycles. The Labute approximate surface area is 103 Å². The van der Waals surface area contributed by atoms with Crippen LogP contribution in [0.5, 0.6) is 0 Å². The number of aromatic nitrogens is 2. The normalized spacial score (nSPS) is 10.7. The smallest absolute Gasteiger partial charge is 0.270 e. The Balaban J connectivity index is 2.28. The first-order valence-corrected chi connectivity index (χ1v) is 5.81. The molecule has 84 valence electrons. The predicted octanol–water partition coefficient (Wildman–Crippen LogP) is 0.696. The van der Waals surface area contributed by atoms with Crippen molar-refractivity contribution in [3.8, 4) is 0 Å². The third-order valence-electron chi connectivity index (χ3n) is 1.89. The van der Waals surface area contributed by atoms with Gasteiger partial charge in [-0.3, -0.25) is 9.89 Å². The molecular formula is C9H15IN4O. The van der Waals surface area contributed by atoms with Crippen molar-refractivity contribution in [2.45, 2.75) is 6.42 Å². The third kappa shape index (κ3) is 4.17. The van der Waals surface area contributed by atoms with Crippen molar-refractivity contribution in [2.24, 2.45) is 0 Å². The van der Waals surface area contributed by atoms with Crippen molar-refractivity contribution >= 4 is 28.5 Å². The quantitative estimate of drug-likeness (QED) is 0.620. The minimum absolute atomic E-state index is 0.0874. The predicted molar refractivity (Wildman–Crippen MR) is 66.8 cm³/mol. The van der Waals surface area contributed by atoms with Crippen LogP contribution in [0, 0.1) is 3.57 Å². The van der Waals surface area contributed by atoms with E-state index in [1.807, 2.05) is 14.1 Å². The molecule has 1 heterocycles. The van der Waals surface area contributed by atoms with Crippen LogP contribution in [-0.2, 0) is 0 Å². The number of H-pyrrole nitrogens is 1. The van der Waals surface area contributed by atoms with Crippen molar-refractivity contribution in [3.05, 3.63) is 15.5 Å². The number of carbonyl (C=O) groups is 1. The van der Waals surface area contributed by atoms with Gasteiger partial charge < -0.3 is 10.2 Å². The lowest BCUT2D eigenvalue weighted by atomic mass is 10.3. The van der Waals surface area contributed by atoms with E-state index in [0.29, 0.717) is 12.2 Å². The summed E-state index contributed by atoms with van der Waals surface area (Å²) in [5.41, 5.74) is 0.542. The number of hydrogen-bond donors (Lipinski definition) is 2. The molecule has 0 unspecified atom stereocenters. The van der Waals surface area contributed by atoms with E-state index in [2.05, 4.69) is 43.0 Å². The highest BCUT2D eigenvalue weighted by Gasteiger charge is 2.10. The molecule has 1 aromatic rings. The van der Waals surface area contributed by atoms with E-state index in [1.165, 1.54) is 0 Å². The molecule has 1 rings (SSSR count). The summed E-state index contributed by atoms with van der Waals surface area (Å²) in [6.07, 6.45) is 2.58. The van der Waals surface area contributed by atoms with Crippen molar-refractivity contribution < 1.29 is 4.79 Å². The van der Waals surface area contributed by atoms with Gasteiger partial charge >= 0.3 is 0 Å². The zero-order valence-corrected chi connectivity index (χ0v) is 11.0. The van der Waals surface area contributed by atoms with Gasteiger partial charge in [0.25, 0.3) is 5.91 Å². The fraction of sp³-hybridized carbons (Fsp3) is 0.556. The van der Waals surface area contributed by atoms with Crippen LogP contribution < -0.4 is 5.32 Å². The molecule has 2 N–H and O–H groups in total. The maximum atomic E-state index is 11.6. The summed E-state index contributed by atoms with van der Waals surface area (Å²) in [4.78, 5) is 13.7. The number of halogens is 1. The molecule has 0 aromatic carbocycles. The second kappa shape index (κ2) is 6.06. The van der Waals surface area contributed by atoms with E-state index in [4.69, 9.17) is 0 Å². The van der Waals surface area contributed by atoms with Gasteiger partial charge in [0.15, 0.2) is 0 Å². The fourth-order valence-corrected chi connectivity index (χ4v) is 1.62. The van der Waals surface area contributed by atoms with E-state index in [0.717, 1.165) is 16.5 Å². The molecular weight excluding hydrogens is 307 g/mol. The second-order valence-corrected chi connectivity index (χ2v) is 4.67. The number of nitrogens with one attached hydrogen (secondary N) is 2. The van der Waals surface area contributed by atoms with E-state index in [9.17, 15) is 4.79 Å². The van der Waals surface area contributed by atoms with Gasteiger partial charge in [0.2, 0.25) is 0 Å². The molecule has 0 spiro atoms. The first kappa shape index (κ1) is 12.4. The Morgan fingerprint density at radius 3 is 2.93 bits per heavy atom. The van der Waals surface area contributed by atoms with Gasteiger partial charge in [-0.25, -0.2) is 0 Å². The molecule has 0 aliphatic rings. The van der Waals surface area contributed by atoms with Crippen molar-refractivity contribution in [3.63, 3.8) is 0 Å². The van der Waals surface area contributed by atoms with Crippen molar-refractivity contribution in [2.75, 3.05) is 27.2 Å². The lowest BCUT2D eigenvalue weighted by Gasteiger charge is -2.09. The molecule has 0 radical (unpaired) electrons. The fourth-order valence-electron chi connectivity index (χ4n) is 1.12. The lowest BCUT2D eigenvalue weighted by molar-refractivity contribution is 0.0946. The molecule has 0 atom stereocenters. The summed E-state index contributed by atoms with van der Waals surface area (Å²) >= 11 is 2.08. The molecule has 0 aliphatic carbocycles. The molecule has 15 heavy (non-hydrogen) atoms. The number of aromatic amines is 1. The zero-order chi connectivity index (χ0) is 11.3. The Bertz CT molecular complexity index is 324. The molecule has 0 saturated heterocycles. The van der Waals surface area contributed by atoms with Gasteiger partial charge in [-0.1, -0.05) is 0 Å². The largest absolute Gasteiger partial charge is 0.351 e. The maximum absolute atomic E-state index is 11.6. The SMILES string of the molecule is CN(C)CCCNC(=O)c1[nH]ncc1I. The highest BCUT2D eigenvalue weighted by Crippen LogP contribution is 2.06. The molecule has 0 aliphatic heterocycles. The van der Waals surface area contributed by atoms with Crippen LogP contribution in [0.25, 0.3) is 0 Å². The minimum Gasteiger partial charge on any atom is -0.351 e. The zero-order valence-electron chi connectivity index (χ0n) is 8.88. The molecule has 0 fully saturated rings. The Morgan fingerprint density at radius 1 is 1.67 bits per heavy atom. The first-order valence-electron chi connectivity index (χ1n) is 4.73. The van der Waals surface area contributed by atoms with Gasteiger partial charge in [0, 0.05) is 6.54 Å². The van der Waals surface area contributed by atoms with Crippen LogP contribution in [0.2, 0.25) is 0 Å². The van der Waals surface area contributed by atoms with Crippen molar-refractivity contribution in [1.82, 2.24) is 20.4 Å². The van der Waals surface area contributed by atoms with Gasteiger partial charge in [0.1, 0.15) is 5.69 Å². The molecule has 0 bridgehead atoms. The number of nitrogens with zero attached hydrogens (tertiary/aromatic N) is 2. The highest BCUT2D eigenvalue weighted by molar-refractivity contribution is 14.1. The molecule has 0 saturated carbocycles.